The third-order valence-corrected chi connectivity index (χ3v) is 5.49. The van der Waals surface area contributed by atoms with E-state index in [0.717, 1.165) is 34.6 Å². The van der Waals surface area contributed by atoms with E-state index in [1.54, 1.807) is 17.9 Å². The summed E-state index contributed by atoms with van der Waals surface area (Å²) in [7, 11) is 1.78. The first-order valence-corrected chi connectivity index (χ1v) is 7.50. The molecule has 1 unspecified atom stereocenters. The molecule has 0 saturated heterocycles. The van der Waals surface area contributed by atoms with E-state index >= 15 is 0 Å². The van der Waals surface area contributed by atoms with Crippen LogP contribution < -0.4 is 5.73 Å². The molecule has 3 rings (SSSR count). The molecule has 0 aliphatic heterocycles. The van der Waals surface area contributed by atoms with E-state index in [-0.39, 0.29) is 4.21 Å². The number of aryl methyl sites for hydroxylation is 2. The Kier molecular flexibility index (Phi) is 2.80. The molecular formula is C11H11N3O3S2. The summed E-state index contributed by atoms with van der Waals surface area (Å²) in [5, 5.41) is 4.18. The van der Waals surface area contributed by atoms with Gasteiger partial charge in [0.15, 0.2) is 11.1 Å². The van der Waals surface area contributed by atoms with E-state index < -0.39 is 17.0 Å². The number of fused-ring (bicyclic) bond motifs is 3. The van der Waals surface area contributed by atoms with Crippen LogP contribution in [0.25, 0.3) is 11.3 Å². The van der Waals surface area contributed by atoms with Crippen LogP contribution in [0, 0.1) is 0 Å². The topological polar surface area (TPSA) is 98.2 Å². The number of primary amides is 1. The van der Waals surface area contributed by atoms with Gasteiger partial charge in [0.1, 0.15) is 4.21 Å². The maximum absolute atomic E-state index is 11.5. The van der Waals surface area contributed by atoms with Crippen LogP contribution in [0.5, 0.6) is 0 Å². The van der Waals surface area contributed by atoms with E-state index in [4.69, 9.17) is 5.73 Å². The maximum atomic E-state index is 11.5. The highest BCUT2D eigenvalue weighted by atomic mass is 32.2. The second-order valence-electron chi connectivity index (χ2n) is 4.33. The Hall–Kier alpha value is -1.51. The summed E-state index contributed by atoms with van der Waals surface area (Å²) < 4.78 is 22.9. The van der Waals surface area contributed by atoms with Crippen LogP contribution in [0.3, 0.4) is 0 Å². The van der Waals surface area contributed by atoms with Crippen LogP contribution in [-0.2, 0) is 31.0 Å². The number of nitrogens with two attached hydrogens (primary N) is 1. The van der Waals surface area contributed by atoms with Crippen molar-refractivity contribution >= 4 is 28.3 Å². The highest BCUT2D eigenvalue weighted by Crippen LogP contribution is 2.43. The van der Waals surface area contributed by atoms with Gasteiger partial charge in [-0.3, -0.25) is 9.48 Å². The molecule has 2 heterocycles. The smallest absolute Gasteiger partial charge is 0.259 e. The molecule has 0 radical (unpaired) electrons. The molecule has 2 aromatic rings. The zero-order chi connectivity index (χ0) is 13.7. The first-order chi connectivity index (χ1) is 9.00. The van der Waals surface area contributed by atoms with Gasteiger partial charge in [0.2, 0.25) is 0 Å². The van der Waals surface area contributed by atoms with Crippen LogP contribution >= 0.6 is 11.3 Å². The first kappa shape index (κ1) is 12.5. The van der Waals surface area contributed by atoms with E-state index in [1.807, 2.05) is 0 Å². The second kappa shape index (κ2) is 4.26. The Bertz CT molecular complexity index is 717. The average molecular weight is 297 g/mol. The van der Waals surface area contributed by atoms with Crippen molar-refractivity contribution in [3.05, 3.63) is 22.2 Å². The lowest BCUT2D eigenvalue weighted by atomic mass is 9.92. The molecule has 1 amide bonds. The lowest BCUT2D eigenvalue weighted by Gasteiger charge is -2.15. The van der Waals surface area contributed by atoms with Crippen molar-refractivity contribution in [3.8, 4) is 11.3 Å². The summed E-state index contributed by atoms with van der Waals surface area (Å²) in [6.07, 6.45) is 3.15. The van der Waals surface area contributed by atoms with Crippen molar-refractivity contribution in [2.45, 2.75) is 17.1 Å². The third kappa shape index (κ3) is 1.75. The van der Waals surface area contributed by atoms with Gasteiger partial charge in [-0.15, -0.1) is 11.3 Å². The van der Waals surface area contributed by atoms with Crippen LogP contribution in [0.1, 0.15) is 20.8 Å². The molecule has 2 aromatic heterocycles. The van der Waals surface area contributed by atoms with Gasteiger partial charge < -0.3 is 10.3 Å². The van der Waals surface area contributed by atoms with Crippen molar-refractivity contribution in [1.29, 1.82) is 0 Å². The summed E-state index contributed by atoms with van der Waals surface area (Å²) in [6, 6.07) is 0. The van der Waals surface area contributed by atoms with Crippen molar-refractivity contribution in [2.24, 2.45) is 12.8 Å². The molecule has 1 atom stereocenters. The van der Waals surface area contributed by atoms with Gasteiger partial charge in [0.25, 0.3) is 5.91 Å². The number of thiophene rings is 1. The number of aromatic nitrogens is 2. The molecule has 1 aliphatic carbocycles. The molecule has 0 aromatic carbocycles. The fourth-order valence-electron chi connectivity index (χ4n) is 2.49. The summed E-state index contributed by atoms with van der Waals surface area (Å²) in [6.45, 7) is 0. The predicted molar refractivity (Wildman–Crippen MR) is 71.5 cm³/mol. The fraction of sp³-hybridized carbons (Fsp3) is 0.273. The van der Waals surface area contributed by atoms with Gasteiger partial charge in [-0.1, -0.05) is 0 Å². The van der Waals surface area contributed by atoms with Gasteiger partial charge in [-0.05, 0) is 24.0 Å². The molecule has 1 aliphatic rings. The zero-order valence-electron chi connectivity index (χ0n) is 10.0. The molecule has 19 heavy (non-hydrogen) atoms. The number of rotatable bonds is 2. The normalized spacial score (nSPS) is 14.8. The van der Waals surface area contributed by atoms with Gasteiger partial charge >= 0.3 is 0 Å². The summed E-state index contributed by atoms with van der Waals surface area (Å²) >= 11 is -1.14. The molecule has 0 fully saturated rings. The monoisotopic (exact) mass is 297 g/mol. The van der Waals surface area contributed by atoms with Crippen LogP contribution in [0.2, 0.25) is 0 Å². The highest BCUT2D eigenvalue weighted by molar-refractivity contribution is 7.82. The minimum absolute atomic E-state index is 0.272. The largest absolute Gasteiger partial charge is 0.365 e. The van der Waals surface area contributed by atoms with E-state index in [9.17, 15) is 13.6 Å². The van der Waals surface area contributed by atoms with E-state index in [2.05, 4.69) is 5.10 Å². The quantitative estimate of drug-likeness (QED) is 0.805. The third-order valence-electron chi connectivity index (χ3n) is 3.25. The SMILES string of the molecule is Cn1ncc2c1-c1c(S(=O)O)sc(C(N)=O)c1CC2. The maximum Gasteiger partial charge on any atom is 0.259 e. The number of carbonyl (C=O) groups is 1. The highest BCUT2D eigenvalue weighted by Gasteiger charge is 2.31. The lowest BCUT2D eigenvalue weighted by molar-refractivity contribution is 0.100. The molecule has 0 bridgehead atoms. The Morgan fingerprint density at radius 2 is 2.32 bits per heavy atom. The fourth-order valence-corrected chi connectivity index (χ4v) is 4.36. The molecular weight excluding hydrogens is 286 g/mol. The van der Waals surface area contributed by atoms with Crippen molar-refractivity contribution in [3.63, 3.8) is 0 Å². The Morgan fingerprint density at radius 3 is 2.95 bits per heavy atom. The Morgan fingerprint density at radius 1 is 1.58 bits per heavy atom. The van der Waals surface area contributed by atoms with Crippen molar-refractivity contribution in [2.75, 3.05) is 0 Å². The molecule has 0 spiro atoms. The van der Waals surface area contributed by atoms with Crippen LogP contribution in [0.15, 0.2) is 10.4 Å². The number of amides is 1. The van der Waals surface area contributed by atoms with Crippen molar-refractivity contribution in [1.82, 2.24) is 9.78 Å². The molecule has 100 valence electrons. The zero-order valence-corrected chi connectivity index (χ0v) is 11.7. The van der Waals surface area contributed by atoms with Crippen LogP contribution in [0.4, 0.5) is 0 Å². The van der Waals surface area contributed by atoms with Gasteiger partial charge in [-0.25, -0.2) is 4.21 Å². The number of carbonyl (C=O) groups excluding carboxylic acids is 1. The van der Waals surface area contributed by atoms with E-state index in [0.29, 0.717) is 16.9 Å². The second-order valence-corrected chi connectivity index (χ2v) is 6.51. The Labute approximate surface area is 115 Å². The van der Waals surface area contributed by atoms with Gasteiger partial charge in [-0.2, -0.15) is 5.10 Å². The molecule has 0 saturated carbocycles. The van der Waals surface area contributed by atoms with Gasteiger partial charge in [0, 0.05) is 12.6 Å². The number of nitrogens with zero attached hydrogens (tertiary/aromatic N) is 2. The van der Waals surface area contributed by atoms with Crippen molar-refractivity contribution < 1.29 is 13.6 Å². The molecule has 6 nitrogen and oxygen atoms in total. The molecule has 8 heteroatoms. The average Bonchev–Trinajstić information content (AvgIpc) is 2.89. The summed E-state index contributed by atoms with van der Waals surface area (Å²) in [5.41, 5.74) is 8.61. The van der Waals surface area contributed by atoms with Gasteiger partial charge in [0.05, 0.1) is 16.8 Å². The first-order valence-electron chi connectivity index (χ1n) is 5.58. The standard InChI is InChI=1S/C11H11N3O3S2/c1-14-8-5(4-13-14)2-3-6-7(8)11(19(16)17)18-9(6)10(12)15/h4H,2-3H2,1H3,(H2,12,15)(H,16,17). The Balaban J connectivity index is 2.37. The minimum atomic E-state index is -2.14. The van der Waals surface area contributed by atoms with E-state index in [1.165, 1.54) is 0 Å². The van der Waals surface area contributed by atoms with Crippen LogP contribution in [-0.4, -0.2) is 24.4 Å². The summed E-state index contributed by atoms with van der Waals surface area (Å²) in [5.74, 6) is -0.552. The molecule has 3 N–H and O–H groups in total. The summed E-state index contributed by atoms with van der Waals surface area (Å²) in [4.78, 5) is 11.8. The minimum Gasteiger partial charge on any atom is -0.365 e. The lowest BCUT2D eigenvalue weighted by Crippen LogP contribution is -2.13. The number of hydrogen-bond donors (Lipinski definition) is 2. The predicted octanol–water partition coefficient (Wildman–Crippen LogP) is 0.927. The number of hydrogen-bond acceptors (Lipinski definition) is 4.